The van der Waals surface area contributed by atoms with E-state index in [-0.39, 0.29) is 28.7 Å². The molecule has 0 bridgehead atoms. The zero-order valence-electron chi connectivity index (χ0n) is 21.3. The highest BCUT2D eigenvalue weighted by Gasteiger charge is 2.36. The zero-order chi connectivity index (χ0) is 28.9. The number of hydrogen-bond acceptors (Lipinski definition) is 5. The summed E-state index contributed by atoms with van der Waals surface area (Å²) in [6.45, 7) is 0.402. The van der Waals surface area contributed by atoms with Crippen LogP contribution in [0.5, 0.6) is 11.5 Å². The molecule has 5 rings (SSSR count). The lowest BCUT2D eigenvalue weighted by atomic mass is 10.1. The summed E-state index contributed by atoms with van der Waals surface area (Å²) in [5, 5.41) is 3.04. The second-order valence-electron chi connectivity index (χ2n) is 8.98. The number of nitrogens with zero attached hydrogens (tertiary/aromatic N) is 1. The molecule has 0 aromatic heterocycles. The van der Waals surface area contributed by atoms with Crippen LogP contribution in [-0.4, -0.2) is 17.8 Å². The van der Waals surface area contributed by atoms with Gasteiger partial charge in [0.05, 0.1) is 10.7 Å². The average Bonchev–Trinajstić information content (AvgIpc) is 2.95. The number of ether oxygens (including phenoxy) is 2. The molecule has 41 heavy (non-hydrogen) atoms. The van der Waals surface area contributed by atoms with Crippen molar-refractivity contribution in [1.82, 2.24) is 5.32 Å². The molecule has 0 aliphatic carbocycles. The van der Waals surface area contributed by atoms with Crippen molar-refractivity contribution < 1.29 is 28.2 Å². The maximum atomic E-state index is 13.4. The summed E-state index contributed by atoms with van der Waals surface area (Å²) in [5.41, 5.74) is 1.99. The molecule has 1 heterocycles. The van der Waals surface area contributed by atoms with Gasteiger partial charge in [-0.3, -0.25) is 14.9 Å². The molecule has 4 amide bonds. The number of halogens is 3. The number of carbonyl (C=O) groups excluding carboxylic acids is 3. The Hall–Kier alpha value is -4.66. The Bertz CT molecular complexity index is 1660. The largest absolute Gasteiger partial charge is 0.489 e. The molecule has 1 aliphatic heterocycles. The molecule has 10 heteroatoms. The van der Waals surface area contributed by atoms with Crippen molar-refractivity contribution in [2.24, 2.45) is 0 Å². The first-order valence-electron chi connectivity index (χ1n) is 12.3. The van der Waals surface area contributed by atoms with Crippen LogP contribution in [0.25, 0.3) is 6.08 Å². The lowest BCUT2D eigenvalue weighted by Crippen LogP contribution is -2.54. The third-order valence-electron chi connectivity index (χ3n) is 6.07. The van der Waals surface area contributed by atoms with Crippen molar-refractivity contribution in [2.75, 3.05) is 4.90 Å². The van der Waals surface area contributed by atoms with Crippen LogP contribution in [0.4, 0.5) is 14.9 Å². The Kier molecular flexibility index (Phi) is 8.33. The smallest absolute Gasteiger partial charge is 0.335 e. The number of anilines is 1. The molecule has 0 unspecified atom stereocenters. The Balaban J connectivity index is 1.29. The van der Waals surface area contributed by atoms with Gasteiger partial charge in [0.15, 0.2) is 0 Å². The van der Waals surface area contributed by atoms with Crippen molar-refractivity contribution in [3.05, 3.63) is 129 Å². The number of barbiturate groups is 1. The summed E-state index contributed by atoms with van der Waals surface area (Å²) < 4.78 is 24.8. The highest BCUT2D eigenvalue weighted by Crippen LogP contribution is 2.29. The van der Waals surface area contributed by atoms with E-state index in [0.717, 1.165) is 10.5 Å². The van der Waals surface area contributed by atoms with E-state index in [0.29, 0.717) is 34.3 Å². The van der Waals surface area contributed by atoms with Gasteiger partial charge in [-0.1, -0.05) is 53.5 Å². The van der Waals surface area contributed by atoms with Crippen LogP contribution in [0.1, 0.15) is 16.7 Å². The van der Waals surface area contributed by atoms with Crippen LogP contribution in [0.3, 0.4) is 0 Å². The molecule has 1 fully saturated rings. The molecule has 0 saturated carbocycles. The average molecular weight is 591 g/mol. The molecule has 1 aliphatic rings. The number of carbonyl (C=O) groups is 3. The van der Waals surface area contributed by atoms with E-state index in [4.69, 9.17) is 32.7 Å². The van der Waals surface area contributed by atoms with E-state index in [1.807, 2.05) is 12.1 Å². The third kappa shape index (κ3) is 6.74. The quantitative estimate of drug-likeness (QED) is 0.177. The summed E-state index contributed by atoms with van der Waals surface area (Å²) in [6.07, 6.45) is 1.34. The molecular formula is C31H21Cl2FN2O5. The monoisotopic (exact) mass is 590 g/mol. The number of hydrogen-bond donors (Lipinski definition) is 1. The fourth-order valence-electron chi connectivity index (χ4n) is 4.01. The predicted molar refractivity (Wildman–Crippen MR) is 153 cm³/mol. The van der Waals surface area contributed by atoms with E-state index in [2.05, 4.69) is 5.32 Å². The summed E-state index contributed by atoms with van der Waals surface area (Å²) in [6, 6.07) is 23.4. The van der Waals surface area contributed by atoms with Gasteiger partial charge >= 0.3 is 6.03 Å². The first-order valence-corrected chi connectivity index (χ1v) is 13.1. The first kappa shape index (κ1) is 27.9. The van der Waals surface area contributed by atoms with E-state index in [1.165, 1.54) is 24.3 Å². The number of imide groups is 2. The van der Waals surface area contributed by atoms with Crippen LogP contribution >= 0.6 is 23.2 Å². The van der Waals surface area contributed by atoms with E-state index in [1.54, 1.807) is 60.7 Å². The number of urea groups is 1. The number of benzene rings is 4. The van der Waals surface area contributed by atoms with Crippen LogP contribution in [0.15, 0.2) is 96.6 Å². The van der Waals surface area contributed by atoms with Gasteiger partial charge in [-0.2, -0.15) is 0 Å². The minimum atomic E-state index is -0.869. The van der Waals surface area contributed by atoms with Gasteiger partial charge in [-0.05, 0) is 83.4 Å². The highest BCUT2D eigenvalue weighted by atomic mass is 35.5. The van der Waals surface area contributed by atoms with Crippen molar-refractivity contribution >= 4 is 52.8 Å². The molecule has 1 saturated heterocycles. The van der Waals surface area contributed by atoms with Crippen LogP contribution in [0, 0.1) is 5.82 Å². The van der Waals surface area contributed by atoms with Gasteiger partial charge in [0.2, 0.25) is 0 Å². The maximum absolute atomic E-state index is 13.4. The number of amides is 4. The molecular weight excluding hydrogens is 570 g/mol. The van der Waals surface area contributed by atoms with E-state index < -0.39 is 17.8 Å². The molecule has 206 valence electrons. The Morgan fingerprint density at radius 3 is 2.24 bits per heavy atom. The molecule has 1 N–H and O–H groups in total. The molecule has 4 aromatic carbocycles. The Morgan fingerprint density at radius 1 is 0.805 bits per heavy atom. The topological polar surface area (TPSA) is 84.9 Å². The summed E-state index contributed by atoms with van der Waals surface area (Å²) >= 11 is 12.3. The van der Waals surface area contributed by atoms with Gasteiger partial charge in [0.25, 0.3) is 11.8 Å². The maximum Gasteiger partial charge on any atom is 0.335 e. The lowest BCUT2D eigenvalue weighted by Gasteiger charge is -2.26. The van der Waals surface area contributed by atoms with Crippen molar-refractivity contribution in [1.29, 1.82) is 0 Å². The standard InChI is InChI=1S/C31H21Cl2FN2O5/c32-22-7-4-19(5-8-22)17-40-25-11-9-24(10-12-25)36-30(38)26(29(37)35-31(36)39)15-20-6-13-28(27(33)16-20)41-18-21-2-1-3-23(34)14-21/h1-16H,17-18H2,(H,35,37,39)/b26-15+. The second-order valence-corrected chi connectivity index (χ2v) is 9.82. The first-order chi connectivity index (χ1) is 19.8. The van der Waals surface area contributed by atoms with Gasteiger partial charge in [0.1, 0.15) is 36.1 Å². The van der Waals surface area contributed by atoms with Gasteiger partial charge in [-0.15, -0.1) is 0 Å². The summed E-state index contributed by atoms with van der Waals surface area (Å²) in [4.78, 5) is 39.3. The van der Waals surface area contributed by atoms with E-state index >= 15 is 0 Å². The Labute approximate surface area is 244 Å². The number of rotatable bonds is 8. The number of nitrogens with one attached hydrogen (secondary N) is 1. The lowest BCUT2D eigenvalue weighted by molar-refractivity contribution is -0.122. The van der Waals surface area contributed by atoms with Gasteiger partial charge in [0, 0.05) is 5.02 Å². The van der Waals surface area contributed by atoms with E-state index in [9.17, 15) is 18.8 Å². The minimum absolute atomic E-state index is 0.0981. The normalized spacial score (nSPS) is 14.3. The summed E-state index contributed by atoms with van der Waals surface area (Å²) in [7, 11) is 0. The Morgan fingerprint density at radius 2 is 1.54 bits per heavy atom. The molecule has 0 spiro atoms. The predicted octanol–water partition coefficient (Wildman–Crippen LogP) is 6.96. The van der Waals surface area contributed by atoms with Crippen molar-refractivity contribution in [3.63, 3.8) is 0 Å². The van der Waals surface area contributed by atoms with Crippen LogP contribution < -0.4 is 19.7 Å². The summed E-state index contributed by atoms with van der Waals surface area (Å²) in [5.74, 6) is -1.14. The minimum Gasteiger partial charge on any atom is -0.489 e. The van der Waals surface area contributed by atoms with Crippen molar-refractivity contribution in [2.45, 2.75) is 13.2 Å². The fraction of sp³-hybridized carbons (Fsp3) is 0.0645. The molecule has 0 atom stereocenters. The van der Waals surface area contributed by atoms with Gasteiger partial charge in [-0.25, -0.2) is 14.1 Å². The zero-order valence-corrected chi connectivity index (χ0v) is 22.8. The van der Waals surface area contributed by atoms with Crippen LogP contribution in [-0.2, 0) is 22.8 Å². The molecule has 7 nitrogen and oxygen atoms in total. The van der Waals surface area contributed by atoms with Gasteiger partial charge < -0.3 is 9.47 Å². The second kappa shape index (κ2) is 12.2. The highest BCUT2D eigenvalue weighted by molar-refractivity contribution is 6.39. The van der Waals surface area contributed by atoms with Crippen LogP contribution in [0.2, 0.25) is 10.0 Å². The molecule has 0 radical (unpaired) electrons. The van der Waals surface area contributed by atoms with Crippen molar-refractivity contribution in [3.8, 4) is 11.5 Å². The SMILES string of the molecule is O=C1NC(=O)N(c2ccc(OCc3ccc(Cl)cc3)cc2)C(=O)/C1=C/c1ccc(OCc2cccc(F)c2)c(Cl)c1. The molecule has 4 aromatic rings. The third-order valence-corrected chi connectivity index (χ3v) is 6.61. The fourth-order valence-corrected chi connectivity index (χ4v) is 4.38.